The average Bonchev–Trinajstić information content (AvgIpc) is 3.30. The van der Waals surface area contributed by atoms with Crippen molar-refractivity contribution in [2.45, 2.75) is 38.0 Å². The first-order chi connectivity index (χ1) is 28.3. The lowest BCUT2D eigenvalue weighted by molar-refractivity contribution is 0.444. The van der Waals surface area contributed by atoms with Gasteiger partial charge in [0.05, 0.1) is 0 Å². The van der Waals surface area contributed by atoms with Gasteiger partial charge in [0.15, 0.2) is 5.82 Å². The molecule has 0 bridgehead atoms. The van der Waals surface area contributed by atoms with Gasteiger partial charge in [-0.05, 0) is 130 Å². The molecule has 0 unspecified atom stereocenters. The molecule has 8 aromatic rings. The van der Waals surface area contributed by atoms with Gasteiger partial charge >= 0.3 is 0 Å². The van der Waals surface area contributed by atoms with Crippen LogP contribution < -0.4 is 26.2 Å². The molecule has 3 aromatic heterocycles. The van der Waals surface area contributed by atoms with Crippen molar-refractivity contribution in [1.82, 2.24) is 19.9 Å². The molecule has 272 valence electrons. The van der Waals surface area contributed by atoms with E-state index in [-0.39, 0.29) is 6.71 Å². The Labute approximate surface area is 333 Å². The van der Waals surface area contributed by atoms with Crippen molar-refractivity contribution >= 4 is 57.2 Å². The molecule has 57 heavy (non-hydrogen) atoms. The number of aromatic nitrogens is 4. The highest BCUT2D eigenvalue weighted by atomic mass is 15.2. The minimum Gasteiger partial charge on any atom is -0.311 e. The number of rotatable bonds is 6. The molecule has 0 saturated heterocycles. The zero-order valence-corrected chi connectivity index (χ0v) is 31.5. The Hall–Kier alpha value is -6.86. The van der Waals surface area contributed by atoms with Crippen LogP contribution >= 0.6 is 0 Å². The Balaban J connectivity index is 1.23. The van der Waals surface area contributed by atoms with Crippen molar-refractivity contribution in [3.8, 4) is 33.6 Å². The number of nitrogens with zero attached hydrogens (tertiary/aromatic N) is 6. The number of anilines is 6. The summed E-state index contributed by atoms with van der Waals surface area (Å²) in [5.41, 5.74) is 17.8. The monoisotopic (exact) mass is 734 g/mol. The fraction of sp³-hybridized carbons (Fsp3) is 0.120. The molecular formula is C50H39BN6. The lowest BCUT2D eigenvalue weighted by Crippen LogP contribution is -2.61. The maximum Gasteiger partial charge on any atom is 0.252 e. The molecule has 0 N–H and O–H groups in total. The summed E-state index contributed by atoms with van der Waals surface area (Å²) in [6.07, 6.45) is 17.5. The van der Waals surface area contributed by atoms with Crippen LogP contribution in [0.15, 0.2) is 171 Å². The highest BCUT2D eigenvalue weighted by Crippen LogP contribution is 2.47. The van der Waals surface area contributed by atoms with Gasteiger partial charge in [-0.15, -0.1) is 0 Å². The summed E-state index contributed by atoms with van der Waals surface area (Å²) < 4.78 is 0. The maximum atomic E-state index is 4.65. The SMILES string of the molecule is c1ccc(N2c3ccc(-c4cccnc4)cc3B3c4cc(-c5cccnc5)ccc4N(c4cccc(-c5ncccn5)c4)c4cc(C5CCCCC5)cc2c43)cc1. The Morgan fingerprint density at radius 2 is 1.05 bits per heavy atom. The third-order valence-corrected chi connectivity index (χ3v) is 12.1. The van der Waals surface area contributed by atoms with Crippen LogP contribution in [0, 0.1) is 0 Å². The minimum absolute atomic E-state index is 0.0366. The quantitative estimate of drug-likeness (QED) is 0.159. The summed E-state index contributed by atoms with van der Waals surface area (Å²) in [5, 5.41) is 0. The van der Waals surface area contributed by atoms with Crippen LogP contribution in [-0.4, -0.2) is 26.6 Å². The second-order valence-electron chi connectivity index (χ2n) is 15.4. The highest BCUT2D eigenvalue weighted by Gasteiger charge is 2.44. The van der Waals surface area contributed by atoms with E-state index in [4.69, 9.17) is 0 Å². The number of benzene rings is 5. The Morgan fingerprint density at radius 1 is 0.456 bits per heavy atom. The number of hydrogen-bond acceptors (Lipinski definition) is 6. The van der Waals surface area contributed by atoms with Gasteiger partial charge in [0.2, 0.25) is 0 Å². The molecule has 7 heteroatoms. The van der Waals surface area contributed by atoms with Gasteiger partial charge in [0.25, 0.3) is 6.71 Å². The van der Waals surface area contributed by atoms with Crippen molar-refractivity contribution < 1.29 is 0 Å². The third-order valence-electron chi connectivity index (χ3n) is 12.1. The number of pyridine rings is 2. The molecule has 0 atom stereocenters. The van der Waals surface area contributed by atoms with Gasteiger partial charge < -0.3 is 9.80 Å². The molecule has 0 spiro atoms. The zero-order chi connectivity index (χ0) is 37.7. The number of hydrogen-bond donors (Lipinski definition) is 0. The van der Waals surface area contributed by atoms with Crippen molar-refractivity contribution in [1.29, 1.82) is 0 Å². The predicted octanol–water partition coefficient (Wildman–Crippen LogP) is 10.4. The molecule has 5 aromatic carbocycles. The lowest BCUT2D eigenvalue weighted by Gasteiger charge is -2.45. The lowest BCUT2D eigenvalue weighted by atomic mass is 9.33. The van der Waals surface area contributed by atoms with Crippen LogP contribution in [0.5, 0.6) is 0 Å². The molecule has 3 aliphatic rings. The molecule has 1 aliphatic carbocycles. The molecule has 1 saturated carbocycles. The van der Waals surface area contributed by atoms with E-state index in [0.29, 0.717) is 11.7 Å². The molecule has 5 heterocycles. The van der Waals surface area contributed by atoms with Gasteiger partial charge in [0.1, 0.15) is 0 Å². The van der Waals surface area contributed by atoms with E-state index in [1.165, 1.54) is 76.8 Å². The van der Waals surface area contributed by atoms with Gasteiger partial charge in [-0.3, -0.25) is 9.97 Å². The summed E-state index contributed by atoms with van der Waals surface area (Å²) in [5.74, 6) is 1.22. The van der Waals surface area contributed by atoms with E-state index < -0.39 is 0 Å². The fourth-order valence-electron chi connectivity index (χ4n) is 9.49. The van der Waals surface area contributed by atoms with Gasteiger partial charge in [-0.2, -0.15) is 0 Å². The minimum atomic E-state index is -0.0366. The van der Waals surface area contributed by atoms with Gasteiger partial charge in [-0.25, -0.2) is 9.97 Å². The van der Waals surface area contributed by atoms with Crippen molar-refractivity contribution in [2.24, 2.45) is 0 Å². The Bertz CT molecular complexity index is 2740. The van der Waals surface area contributed by atoms with Crippen LogP contribution in [0.3, 0.4) is 0 Å². The second kappa shape index (κ2) is 14.0. The second-order valence-corrected chi connectivity index (χ2v) is 15.4. The highest BCUT2D eigenvalue weighted by molar-refractivity contribution is 7.00. The average molecular weight is 735 g/mol. The van der Waals surface area contributed by atoms with E-state index in [2.05, 4.69) is 145 Å². The van der Waals surface area contributed by atoms with Crippen LogP contribution in [0.2, 0.25) is 0 Å². The zero-order valence-electron chi connectivity index (χ0n) is 31.5. The normalized spacial score (nSPS) is 14.5. The molecule has 0 radical (unpaired) electrons. The summed E-state index contributed by atoms with van der Waals surface area (Å²) >= 11 is 0. The first-order valence-electron chi connectivity index (χ1n) is 20.1. The standard InChI is InChI=1S/C50H39BN6/c1-3-11-34(12-4-1)40-30-47-49-48(31-40)57(42-18-7-13-37(27-42)50-54-25-10-26-55-50)46-22-20-36(39-15-9-24-53-33-39)29-44(46)51(49)43-28-35(38-14-8-23-52-32-38)19-21-45(43)56(47)41-16-5-2-6-17-41/h2,5-10,13-34H,1,3-4,11-12H2. The molecule has 11 rings (SSSR count). The van der Waals surface area contributed by atoms with E-state index in [1.54, 1.807) is 0 Å². The van der Waals surface area contributed by atoms with E-state index in [9.17, 15) is 0 Å². The molecule has 2 aliphatic heterocycles. The van der Waals surface area contributed by atoms with Crippen molar-refractivity contribution in [2.75, 3.05) is 9.80 Å². The van der Waals surface area contributed by atoms with E-state index in [0.717, 1.165) is 39.2 Å². The maximum absolute atomic E-state index is 4.65. The van der Waals surface area contributed by atoms with Gasteiger partial charge in [-0.1, -0.05) is 86.0 Å². The number of fused-ring (bicyclic) bond motifs is 4. The summed E-state index contributed by atoms with van der Waals surface area (Å²) in [7, 11) is 0. The van der Waals surface area contributed by atoms with Crippen LogP contribution in [0.1, 0.15) is 43.6 Å². The molecule has 0 amide bonds. The van der Waals surface area contributed by atoms with Crippen LogP contribution in [0.4, 0.5) is 34.1 Å². The van der Waals surface area contributed by atoms with Crippen LogP contribution in [-0.2, 0) is 0 Å². The largest absolute Gasteiger partial charge is 0.311 e. The molecular weight excluding hydrogens is 695 g/mol. The summed E-state index contributed by atoms with van der Waals surface area (Å²) in [6, 6.07) is 48.9. The van der Waals surface area contributed by atoms with E-state index >= 15 is 0 Å². The van der Waals surface area contributed by atoms with Crippen molar-refractivity contribution in [3.63, 3.8) is 0 Å². The summed E-state index contributed by atoms with van der Waals surface area (Å²) in [4.78, 5) is 23.4. The smallest absolute Gasteiger partial charge is 0.252 e. The first-order valence-corrected chi connectivity index (χ1v) is 20.1. The summed E-state index contributed by atoms with van der Waals surface area (Å²) in [6.45, 7) is -0.0366. The number of para-hydroxylation sites is 1. The Kier molecular flexibility index (Phi) is 8.23. The van der Waals surface area contributed by atoms with Crippen molar-refractivity contribution in [3.05, 3.63) is 176 Å². The van der Waals surface area contributed by atoms with E-state index in [1.807, 2.05) is 55.4 Å². The first kappa shape index (κ1) is 33.5. The third kappa shape index (κ3) is 5.81. The molecule has 1 fully saturated rings. The topological polar surface area (TPSA) is 58.0 Å². The Morgan fingerprint density at radius 3 is 1.67 bits per heavy atom. The molecule has 6 nitrogen and oxygen atoms in total. The van der Waals surface area contributed by atoms with Gasteiger partial charge in [0, 0.05) is 76.9 Å². The predicted molar refractivity (Wildman–Crippen MR) is 234 cm³/mol. The van der Waals surface area contributed by atoms with Crippen LogP contribution in [0.25, 0.3) is 33.6 Å². The fourth-order valence-corrected chi connectivity index (χ4v) is 9.49.